The van der Waals surface area contributed by atoms with Crippen LogP contribution < -0.4 is 11.1 Å². The summed E-state index contributed by atoms with van der Waals surface area (Å²) in [7, 11) is 0. The molecule has 1 saturated carbocycles. The normalized spacial score (nSPS) is 14.2. The molecule has 1 fully saturated rings. The molecular weight excluding hydrogens is 252 g/mol. The maximum Gasteiger partial charge on any atom is 0.220 e. The Morgan fingerprint density at radius 2 is 2.05 bits per heavy atom. The van der Waals surface area contributed by atoms with Gasteiger partial charge in [0.25, 0.3) is 0 Å². The van der Waals surface area contributed by atoms with E-state index in [1.807, 2.05) is 24.3 Å². The number of nitrogen functional groups attached to an aromatic ring is 1. The molecule has 1 aliphatic carbocycles. The van der Waals surface area contributed by atoms with Gasteiger partial charge in [-0.25, -0.2) is 0 Å². The summed E-state index contributed by atoms with van der Waals surface area (Å²) >= 11 is 0. The molecule has 1 aromatic carbocycles. The third-order valence-corrected chi connectivity index (χ3v) is 3.46. The van der Waals surface area contributed by atoms with E-state index in [2.05, 4.69) is 5.32 Å². The first-order valence-corrected chi connectivity index (χ1v) is 7.43. The molecule has 0 atom stereocenters. The molecule has 0 heterocycles. The zero-order valence-electron chi connectivity index (χ0n) is 11.9. The molecule has 110 valence electrons. The summed E-state index contributed by atoms with van der Waals surface area (Å²) in [6, 6.07) is 7.66. The molecule has 0 bridgehead atoms. The third-order valence-electron chi connectivity index (χ3n) is 3.46. The summed E-state index contributed by atoms with van der Waals surface area (Å²) in [5, 5.41) is 2.92. The summed E-state index contributed by atoms with van der Waals surface area (Å²) < 4.78 is 5.52. The molecule has 0 aliphatic heterocycles. The molecule has 1 aliphatic rings. The van der Waals surface area contributed by atoms with Gasteiger partial charge in [0.15, 0.2) is 0 Å². The molecular formula is C16H24N2O2. The molecule has 20 heavy (non-hydrogen) atoms. The summed E-state index contributed by atoms with van der Waals surface area (Å²) in [6.07, 6.45) is 4.81. The maximum absolute atomic E-state index is 11.7. The molecule has 4 heteroatoms. The van der Waals surface area contributed by atoms with Gasteiger partial charge in [0.2, 0.25) is 5.91 Å². The first kappa shape index (κ1) is 14.9. The van der Waals surface area contributed by atoms with Crippen LogP contribution in [0.5, 0.6) is 0 Å². The van der Waals surface area contributed by atoms with E-state index in [4.69, 9.17) is 10.5 Å². The molecule has 0 radical (unpaired) electrons. The number of nitrogens with one attached hydrogen (secondary N) is 1. The Bertz CT molecular complexity index is 413. The zero-order chi connectivity index (χ0) is 14.2. The molecule has 4 nitrogen and oxygen atoms in total. The van der Waals surface area contributed by atoms with Gasteiger partial charge < -0.3 is 15.8 Å². The second-order valence-corrected chi connectivity index (χ2v) is 5.46. The zero-order valence-corrected chi connectivity index (χ0v) is 11.9. The number of amides is 1. The van der Waals surface area contributed by atoms with Crippen molar-refractivity contribution in [2.75, 3.05) is 25.5 Å². The number of carbonyl (C=O) groups excluding carboxylic acids is 1. The Balaban J connectivity index is 1.48. The number of nitrogens with two attached hydrogens (primary N) is 1. The number of anilines is 1. The van der Waals surface area contributed by atoms with Crippen LogP contribution in [0, 0.1) is 5.92 Å². The fourth-order valence-electron chi connectivity index (χ4n) is 1.97. The average molecular weight is 276 g/mol. The Morgan fingerprint density at radius 1 is 1.30 bits per heavy atom. The van der Waals surface area contributed by atoms with E-state index >= 15 is 0 Å². The summed E-state index contributed by atoms with van der Waals surface area (Å²) in [5.41, 5.74) is 7.51. The molecule has 0 spiro atoms. The summed E-state index contributed by atoms with van der Waals surface area (Å²) in [4.78, 5) is 11.7. The fraction of sp³-hybridized carbons (Fsp3) is 0.562. The highest BCUT2D eigenvalue weighted by Gasteiger charge is 2.20. The lowest BCUT2D eigenvalue weighted by Crippen LogP contribution is -2.25. The average Bonchev–Trinajstić information content (AvgIpc) is 3.26. The van der Waals surface area contributed by atoms with Crippen molar-refractivity contribution >= 4 is 11.6 Å². The van der Waals surface area contributed by atoms with Gasteiger partial charge in [-0.2, -0.15) is 0 Å². The smallest absolute Gasteiger partial charge is 0.220 e. The van der Waals surface area contributed by atoms with Crippen LogP contribution >= 0.6 is 0 Å². The summed E-state index contributed by atoms with van der Waals surface area (Å²) in [5.74, 6) is 0.911. The van der Waals surface area contributed by atoms with Crippen molar-refractivity contribution in [3.05, 3.63) is 29.8 Å². The Kier molecular flexibility index (Phi) is 5.87. The number of hydrogen-bond acceptors (Lipinski definition) is 3. The van der Waals surface area contributed by atoms with Gasteiger partial charge in [-0.3, -0.25) is 4.79 Å². The van der Waals surface area contributed by atoms with Gasteiger partial charge in [0.1, 0.15) is 0 Å². The predicted molar refractivity (Wildman–Crippen MR) is 80.3 cm³/mol. The first-order chi connectivity index (χ1) is 9.74. The fourth-order valence-corrected chi connectivity index (χ4v) is 1.97. The number of carbonyl (C=O) groups is 1. The standard InChI is InChI=1S/C16H24N2O2/c17-15-7-4-13(5-8-15)6-9-16(19)18-10-1-11-20-12-14-2-3-14/h4-5,7-8,14H,1-3,6,9-12,17H2,(H,18,19). The minimum Gasteiger partial charge on any atom is -0.399 e. The number of rotatable bonds is 9. The highest BCUT2D eigenvalue weighted by Crippen LogP contribution is 2.28. The highest BCUT2D eigenvalue weighted by atomic mass is 16.5. The molecule has 0 aromatic heterocycles. The second kappa shape index (κ2) is 7.90. The molecule has 0 unspecified atom stereocenters. The quantitative estimate of drug-likeness (QED) is 0.536. The lowest BCUT2D eigenvalue weighted by atomic mass is 10.1. The van der Waals surface area contributed by atoms with Crippen LogP contribution in [0.15, 0.2) is 24.3 Å². The van der Waals surface area contributed by atoms with E-state index in [0.717, 1.165) is 43.2 Å². The lowest BCUT2D eigenvalue weighted by Gasteiger charge is -2.06. The Labute approximate surface area is 120 Å². The van der Waals surface area contributed by atoms with Crippen molar-refractivity contribution in [1.29, 1.82) is 0 Å². The number of aryl methyl sites for hydroxylation is 1. The number of benzene rings is 1. The third kappa shape index (κ3) is 6.06. The molecule has 2 rings (SSSR count). The molecule has 3 N–H and O–H groups in total. The lowest BCUT2D eigenvalue weighted by molar-refractivity contribution is -0.121. The predicted octanol–water partition coefficient (Wildman–Crippen LogP) is 2.13. The van der Waals surface area contributed by atoms with Crippen LogP contribution in [0.2, 0.25) is 0 Å². The molecule has 1 amide bonds. The van der Waals surface area contributed by atoms with Gasteiger partial charge in [0.05, 0.1) is 0 Å². The van der Waals surface area contributed by atoms with E-state index in [1.165, 1.54) is 12.8 Å². The van der Waals surface area contributed by atoms with Crippen LogP contribution in [-0.2, 0) is 16.0 Å². The first-order valence-electron chi connectivity index (χ1n) is 7.43. The van der Waals surface area contributed by atoms with Gasteiger partial charge >= 0.3 is 0 Å². The van der Waals surface area contributed by atoms with Crippen molar-refractivity contribution in [3.63, 3.8) is 0 Å². The minimum absolute atomic E-state index is 0.101. The van der Waals surface area contributed by atoms with Crippen molar-refractivity contribution in [2.24, 2.45) is 5.92 Å². The van der Waals surface area contributed by atoms with E-state index in [0.29, 0.717) is 13.0 Å². The summed E-state index contributed by atoms with van der Waals surface area (Å²) in [6.45, 7) is 2.34. The highest BCUT2D eigenvalue weighted by molar-refractivity contribution is 5.76. The van der Waals surface area contributed by atoms with Gasteiger partial charge in [-0.15, -0.1) is 0 Å². The van der Waals surface area contributed by atoms with Crippen molar-refractivity contribution < 1.29 is 9.53 Å². The Hall–Kier alpha value is -1.55. The van der Waals surface area contributed by atoms with Crippen LogP contribution in [0.25, 0.3) is 0 Å². The van der Waals surface area contributed by atoms with Gasteiger partial charge in [-0.1, -0.05) is 12.1 Å². The number of ether oxygens (including phenoxy) is 1. The largest absolute Gasteiger partial charge is 0.399 e. The monoisotopic (exact) mass is 276 g/mol. The van der Waals surface area contributed by atoms with E-state index < -0.39 is 0 Å². The van der Waals surface area contributed by atoms with Crippen LogP contribution in [0.3, 0.4) is 0 Å². The second-order valence-electron chi connectivity index (χ2n) is 5.46. The van der Waals surface area contributed by atoms with Gasteiger partial charge in [0, 0.05) is 31.9 Å². The van der Waals surface area contributed by atoms with Crippen LogP contribution in [0.1, 0.15) is 31.2 Å². The van der Waals surface area contributed by atoms with Crippen LogP contribution in [0.4, 0.5) is 5.69 Å². The van der Waals surface area contributed by atoms with Crippen LogP contribution in [-0.4, -0.2) is 25.7 Å². The van der Waals surface area contributed by atoms with E-state index in [9.17, 15) is 4.79 Å². The SMILES string of the molecule is Nc1ccc(CCC(=O)NCCCOCC2CC2)cc1. The van der Waals surface area contributed by atoms with Crippen molar-refractivity contribution in [3.8, 4) is 0 Å². The van der Waals surface area contributed by atoms with Crippen molar-refractivity contribution in [2.45, 2.75) is 32.1 Å². The Morgan fingerprint density at radius 3 is 2.75 bits per heavy atom. The van der Waals surface area contributed by atoms with Crippen molar-refractivity contribution in [1.82, 2.24) is 5.32 Å². The molecule has 0 saturated heterocycles. The van der Waals surface area contributed by atoms with E-state index in [-0.39, 0.29) is 5.91 Å². The van der Waals surface area contributed by atoms with Gasteiger partial charge in [-0.05, 0) is 49.3 Å². The maximum atomic E-state index is 11.7. The molecule has 1 aromatic rings. The van der Waals surface area contributed by atoms with E-state index in [1.54, 1.807) is 0 Å². The topological polar surface area (TPSA) is 64.4 Å². The number of hydrogen-bond donors (Lipinski definition) is 2. The minimum atomic E-state index is 0.101.